The van der Waals surface area contributed by atoms with Gasteiger partial charge in [0.05, 0.1) is 0 Å². The Hall–Kier alpha value is -1.83. The zero-order valence-corrected chi connectivity index (χ0v) is 8.99. The van der Waals surface area contributed by atoms with Crippen LogP contribution in [0.1, 0.15) is 19.4 Å². The first kappa shape index (κ1) is 11.2. The fourth-order valence-corrected chi connectivity index (χ4v) is 1.03. The van der Waals surface area contributed by atoms with Gasteiger partial charge in [0.1, 0.15) is 5.75 Å². The molecule has 0 spiro atoms. The van der Waals surface area contributed by atoms with Crippen LogP contribution in [0.15, 0.2) is 42.5 Å². The summed E-state index contributed by atoms with van der Waals surface area (Å²) in [6.45, 7) is 7.09. The Kier molecular flexibility index (Phi) is 3.86. The third-order valence-corrected chi connectivity index (χ3v) is 1.80. The van der Waals surface area contributed by atoms with E-state index in [1.165, 1.54) is 0 Å². The Morgan fingerprint density at radius 1 is 1.33 bits per heavy atom. The predicted molar refractivity (Wildman–Crippen MR) is 61.6 cm³/mol. The molecule has 2 heteroatoms. The summed E-state index contributed by atoms with van der Waals surface area (Å²) in [7, 11) is 0. The minimum absolute atomic E-state index is 0.395. The highest BCUT2D eigenvalue weighted by Gasteiger charge is 2.04. The van der Waals surface area contributed by atoms with Gasteiger partial charge in [-0.05, 0) is 31.5 Å². The summed E-state index contributed by atoms with van der Waals surface area (Å²) >= 11 is 0. The van der Waals surface area contributed by atoms with E-state index >= 15 is 0 Å². The molecule has 1 rings (SSSR count). The molecule has 2 nitrogen and oxygen atoms in total. The number of ether oxygens (including phenoxy) is 1. The second kappa shape index (κ2) is 5.15. The van der Waals surface area contributed by atoms with Gasteiger partial charge in [-0.2, -0.15) is 0 Å². The van der Waals surface area contributed by atoms with E-state index in [0.29, 0.717) is 11.3 Å². The predicted octanol–water partition coefficient (Wildman–Crippen LogP) is 3.20. The lowest BCUT2D eigenvalue weighted by Crippen LogP contribution is -2.07. The van der Waals surface area contributed by atoms with Crippen LogP contribution in [0.2, 0.25) is 0 Å². The Balaban J connectivity index is 2.72. The molecule has 0 fully saturated rings. The Labute approximate surface area is 89.9 Å². The Morgan fingerprint density at radius 2 is 1.93 bits per heavy atom. The van der Waals surface area contributed by atoms with Crippen molar-refractivity contribution in [3.63, 3.8) is 0 Å². The lowest BCUT2D eigenvalue weighted by atomic mass is 10.2. The van der Waals surface area contributed by atoms with Crippen molar-refractivity contribution in [2.45, 2.75) is 13.8 Å². The minimum Gasteiger partial charge on any atom is -0.423 e. The Morgan fingerprint density at radius 3 is 2.40 bits per heavy atom. The maximum atomic E-state index is 11.2. The van der Waals surface area contributed by atoms with Gasteiger partial charge in [0.25, 0.3) is 0 Å². The van der Waals surface area contributed by atoms with Crippen LogP contribution in [0.3, 0.4) is 0 Å². The molecule has 0 aliphatic rings. The van der Waals surface area contributed by atoms with Gasteiger partial charge in [-0.15, -0.1) is 0 Å². The molecule has 78 valence electrons. The average Bonchev–Trinajstić information content (AvgIpc) is 2.21. The van der Waals surface area contributed by atoms with Crippen LogP contribution >= 0.6 is 0 Å². The van der Waals surface area contributed by atoms with Gasteiger partial charge < -0.3 is 4.74 Å². The molecule has 0 N–H and O–H groups in total. The normalized spacial score (nSPS) is 10.3. The van der Waals surface area contributed by atoms with E-state index in [1.807, 2.05) is 31.2 Å². The van der Waals surface area contributed by atoms with Crippen molar-refractivity contribution in [3.8, 4) is 5.75 Å². The standard InChI is InChI=1S/C13H14O2/c1-4-5-11-6-8-12(9-7-11)15-13(14)10(2)3/h4-9H,2H2,1,3H3. The van der Waals surface area contributed by atoms with Crippen LogP contribution in [-0.4, -0.2) is 5.97 Å². The molecular formula is C13H14O2. The van der Waals surface area contributed by atoms with Gasteiger partial charge in [-0.25, -0.2) is 4.79 Å². The van der Waals surface area contributed by atoms with Crippen molar-refractivity contribution in [1.82, 2.24) is 0 Å². The highest BCUT2D eigenvalue weighted by Crippen LogP contribution is 2.14. The lowest BCUT2D eigenvalue weighted by molar-refractivity contribution is -0.130. The number of esters is 1. The van der Waals surface area contributed by atoms with E-state index in [9.17, 15) is 4.79 Å². The molecule has 1 aromatic rings. The fraction of sp³-hybridized carbons (Fsp3) is 0.154. The Bertz CT molecular complexity index is 386. The number of carbonyl (C=O) groups excluding carboxylic acids is 1. The summed E-state index contributed by atoms with van der Waals surface area (Å²) in [6.07, 6.45) is 3.93. The van der Waals surface area contributed by atoms with E-state index in [-0.39, 0.29) is 0 Å². The molecule has 0 bridgehead atoms. The van der Waals surface area contributed by atoms with Gasteiger partial charge in [0.15, 0.2) is 0 Å². The first-order chi connectivity index (χ1) is 7.13. The molecule has 0 unspecified atom stereocenters. The second-order valence-corrected chi connectivity index (χ2v) is 3.24. The lowest BCUT2D eigenvalue weighted by Gasteiger charge is -2.03. The molecule has 0 aliphatic heterocycles. The van der Waals surface area contributed by atoms with Crippen molar-refractivity contribution in [1.29, 1.82) is 0 Å². The van der Waals surface area contributed by atoms with Crippen LogP contribution in [0.5, 0.6) is 5.75 Å². The molecule has 1 aromatic carbocycles. The molecule has 0 radical (unpaired) electrons. The third-order valence-electron chi connectivity index (χ3n) is 1.80. The van der Waals surface area contributed by atoms with Crippen molar-refractivity contribution >= 4 is 12.0 Å². The van der Waals surface area contributed by atoms with Crippen molar-refractivity contribution in [2.75, 3.05) is 0 Å². The highest BCUT2D eigenvalue weighted by molar-refractivity contribution is 5.88. The molecule has 0 aromatic heterocycles. The summed E-state index contributed by atoms with van der Waals surface area (Å²) < 4.78 is 5.05. The quantitative estimate of drug-likeness (QED) is 0.427. The van der Waals surface area contributed by atoms with Gasteiger partial charge in [-0.3, -0.25) is 0 Å². The smallest absolute Gasteiger partial charge is 0.338 e. The van der Waals surface area contributed by atoms with Crippen LogP contribution in [-0.2, 0) is 4.79 Å². The van der Waals surface area contributed by atoms with E-state index in [0.717, 1.165) is 5.56 Å². The minimum atomic E-state index is -0.395. The van der Waals surface area contributed by atoms with Gasteiger partial charge >= 0.3 is 5.97 Å². The van der Waals surface area contributed by atoms with E-state index in [1.54, 1.807) is 19.1 Å². The summed E-state index contributed by atoms with van der Waals surface area (Å²) in [5.74, 6) is 0.144. The summed E-state index contributed by atoms with van der Waals surface area (Å²) in [6, 6.07) is 7.30. The summed E-state index contributed by atoms with van der Waals surface area (Å²) in [4.78, 5) is 11.2. The van der Waals surface area contributed by atoms with Crippen molar-refractivity contribution in [3.05, 3.63) is 48.1 Å². The van der Waals surface area contributed by atoms with Crippen molar-refractivity contribution < 1.29 is 9.53 Å². The van der Waals surface area contributed by atoms with E-state index in [4.69, 9.17) is 4.74 Å². The third kappa shape index (κ3) is 3.43. The number of carbonyl (C=O) groups is 1. The molecule has 0 aliphatic carbocycles. The van der Waals surface area contributed by atoms with Crippen LogP contribution in [0.4, 0.5) is 0 Å². The van der Waals surface area contributed by atoms with Gasteiger partial charge in [0, 0.05) is 5.57 Å². The monoisotopic (exact) mass is 202 g/mol. The molecule has 15 heavy (non-hydrogen) atoms. The summed E-state index contributed by atoms with van der Waals surface area (Å²) in [5.41, 5.74) is 1.47. The highest BCUT2D eigenvalue weighted by atomic mass is 16.5. The molecule has 0 saturated carbocycles. The topological polar surface area (TPSA) is 26.3 Å². The maximum Gasteiger partial charge on any atom is 0.338 e. The number of hydrogen-bond acceptors (Lipinski definition) is 2. The van der Waals surface area contributed by atoms with E-state index in [2.05, 4.69) is 6.58 Å². The fourth-order valence-electron chi connectivity index (χ4n) is 1.03. The SMILES string of the molecule is C=C(C)C(=O)Oc1ccc(C=CC)cc1. The second-order valence-electron chi connectivity index (χ2n) is 3.24. The zero-order chi connectivity index (χ0) is 11.3. The van der Waals surface area contributed by atoms with Crippen molar-refractivity contribution in [2.24, 2.45) is 0 Å². The number of benzene rings is 1. The van der Waals surface area contributed by atoms with Crippen LogP contribution in [0.25, 0.3) is 6.08 Å². The first-order valence-corrected chi connectivity index (χ1v) is 4.74. The number of allylic oxidation sites excluding steroid dienone is 1. The number of hydrogen-bond donors (Lipinski definition) is 0. The molecule has 0 saturated heterocycles. The molecule has 0 heterocycles. The van der Waals surface area contributed by atoms with Crippen LogP contribution < -0.4 is 4.74 Å². The maximum absolute atomic E-state index is 11.2. The van der Waals surface area contributed by atoms with Crippen LogP contribution in [0, 0.1) is 0 Å². The first-order valence-electron chi connectivity index (χ1n) is 4.74. The molecule has 0 atom stereocenters. The number of rotatable bonds is 3. The summed E-state index contributed by atoms with van der Waals surface area (Å²) in [5, 5.41) is 0. The van der Waals surface area contributed by atoms with Gasteiger partial charge in [-0.1, -0.05) is 30.9 Å². The molecule has 0 amide bonds. The average molecular weight is 202 g/mol. The zero-order valence-electron chi connectivity index (χ0n) is 8.99. The van der Waals surface area contributed by atoms with Gasteiger partial charge in [0.2, 0.25) is 0 Å². The largest absolute Gasteiger partial charge is 0.423 e. The van der Waals surface area contributed by atoms with E-state index < -0.39 is 5.97 Å². The molecular weight excluding hydrogens is 188 g/mol.